The minimum atomic E-state index is -1.12. The molecule has 0 aromatic heterocycles. The van der Waals surface area contributed by atoms with Crippen LogP contribution in [0.3, 0.4) is 0 Å². The summed E-state index contributed by atoms with van der Waals surface area (Å²) in [6, 6.07) is 5.07. The summed E-state index contributed by atoms with van der Waals surface area (Å²) in [7, 11) is 0. The van der Waals surface area contributed by atoms with E-state index in [1.54, 1.807) is 18.2 Å². The van der Waals surface area contributed by atoms with E-state index >= 15 is 0 Å². The second kappa shape index (κ2) is 4.05. The predicted molar refractivity (Wildman–Crippen MR) is 62.0 cm³/mol. The lowest BCUT2D eigenvalue weighted by molar-refractivity contribution is -0.115. The summed E-state index contributed by atoms with van der Waals surface area (Å²) in [5.41, 5.74) is 1.10. The second-order valence-corrected chi connectivity index (χ2v) is 4.77. The van der Waals surface area contributed by atoms with Gasteiger partial charge >= 0.3 is 6.09 Å². The molecule has 1 aromatic carbocycles. The average molecular weight is 238 g/mol. The highest BCUT2D eigenvalue weighted by molar-refractivity contribution is 8.00. The standard InChI is InChI=1S/C10H10N2O3S/c1-5-9(13)12-7-4-6(11-10(14)15)2-3-8(7)16-5/h2-5,11H,1H3,(H,12,13)(H,14,15). The number of thioether (sulfide) groups is 1. The zero-order valence-electron chi connectivity index (χ0n) is 8.48. The molecule has 5 nitrogen and oxygen atoms in total. The van der Waals surface area contributed by atoms with Gasteiger partial charge in [0, 0.05) is 10.6 Å². The molecule has 16 heavy (non-hydrogen) atoms. The van der Waals surface area contributed by atoms with Crippen LogP contribution in [0.2, 0.25) is 0 Å². The third kappa shape index (κ3) is 2.11. The molecule has 0 spiro atoms. The van der Waals surface area contributed by atoms with Crippen molar-refractivity contribution in [3.05, 3.63) is 18.2 Å². The van der Waals surface area contributed by atoms with Gasteiger partial charge in [-0.3, -0.25) is 10.1 Å². The molecule has 0 saturated carbocycles. The number of benzene rings is 1. The van der Waals surface area contributed by atoms with Gasteiger partial charge in [-0.05, 0) is 25.1 Å². The number of hydrogen-bond donors (Lipinski definition) is 3. The van der Waals surface area contributed by atoms with E-state index in [1.807, 2.05) is 6.92 Å². The van der Waals surface area contributed by atoms with Crippen LogP contribution in [-0.2, 0) is 4.79 Å². The predicted octanol–water partition coefficient (Wildman–Crippen LogP) is 2.21. The third-order valence-corrected chi connectivity index (χ3v) is 3.34. The number of carbonyl (C=O) groups is 2. The van der Waals surface area contributed by atoms with E-state index in [9.17, 15) is 9.59 Å². The van der Waals surface area contributed by atoms with Crippen molar-refractivity contribution in [2.45, 2.75) is 17.1 Å². The highest BCUT2D eigenvalue weighted by atomic mass is 32.2. The van der Waals surface area contributed by atoms with Crippen LogP contribution in [-0.4, -0.2) is 22.4 Å². The van der Waals surface area contributed by atoms with Gasteiger partial charge in [0.05, 0.1) is 10.9 Å². The zero-order valence-corrected chi connectivity index (χ0v) is 9.30. The summed E-state index contributed by atoms with van der Waals surface area (Å²) >= 11 is 1.46. The van der Waals surface area contributed by atoms with Gasteiger partial charge in [-0.15, -0.1) is 11.8 Å². The summed E-state index contributed by atoms with van der Waals surface area (Å²) in [4.78, 5) is 22.8. The fourth-order valence-corrected chi connectivity index (χ4v) is 2.34. The summed E-state index contributed by atoms with van der Waals surface area (Å²) in [6.07, 6.45) is -1.12. The Morgan fingerprint density at radius 2 is 2.31 bits per heavy atom. The Balaban J connectivity index is 2.29. The van der Waals surface area contributed by atoms with E-state index in [0.717, 1.165) is 4.90 Å². The van der Waals surface area contributed by atoms with Crippen molar-refractivity contribution in [2.75, 3.05) is 10.6 Å². The first kappa shape index (κ1) is 10.8. The molecule has 0 saturated heterocycles. The topological polar surface area (TPSA) is 78.4 Å². The third-order valence-electron chi connectivity index (χ3n) is 2.16. The van der Waals surface area contributed by atoms with Gasteiger partial charge in [-0.2, -0.15) is 0 Å². The summed E-state index contributed by atoms with van der Waals surface area (Å²) < 4.78 is 0. The Labute approximate surface area is 96.2 Å². The van der Waals surface area contributed by atoms with Gasteiger partial charge in [0.25, 0.3) is 0 Å². The van der Waals surface area contributed by atoms with E-state index < -0.39 is 6.09 Å². The fraction of sp³-hybridized carbons (Fsp3) is 0.200. The highest BCUT2D eigenvalue weighted by Crippen LogP contribution is 2.36. The Morgan fingerprint density at radius 3 is 3.00 bits per heavy atom. The minimum Gasteiger partial charge on any atom is -0.465 e. The first-order chi connectivity index (χ1) is 7.56. The van der Waals surface area contributed by atoms with Crippen LogP contribution in [0.1, 0.15) is 6.92 Å². The highest BCUT2D eigenvalue weighted by Gasteiger charge is 2.22. The molecule has 0 aliphatic carbocycles. The summed E-state index contributed by atoms with van der Waals surface area (Å²) in [6.45, 7) is 1.83. The van der Waals surface area contributed by atoms with Crippen molar-refractivity contribution >= 4 is 35.1 Å². The second-order valence-electron chi connectivity index (χ2n) is 3.39. The molecule has 2 rings (SSSR count). The zero-order chi connectivity index (χ0) is 11.7. The molecule has 2 amide bonds. The van der Waals surface area contributed by atoms with Crippen molar-refractivity contribution < 1.29 is 14.7 Å². The van der Waals surface area contributed by atoms with Crippen molar-refractivity contribution in [1.82, 2.24) is 0 Å². The van der Waals surface area contributed by atoms with Gasteiger partial charge in [0.15, 0.2) is 0 Å². The van der Waals surface area contributed by atoms with Crippen LogP contribution in [0.5, 0.6) is 0 Å². The van der Waals surface area contributed by atoms with Crippen LogP contribution < -0.4 is 10.6 Å². The van der Waals surface area contributed by atoms with Crippen LogP contribution in [0.25, 0.3) is 0 Å². The lowest BCUT2D eigenvalue weighted by Gasteiger charge is -2.21. The van der Waals surface area contributed by atoms with Gasteiger partial charge in [-0.1, -0.05) is 0 Å². The average Bonchev–Trinajstić information content (AvgIpc) is 2.19. The number of fused-ring (bicyclic) bond motifs is 1. The van der Waals surface area contributed by atoms with E-state index in [4.69, 9.17) is 5.11 Å². The van der Waals surface area contributed by atoms with Crippen LogP contribution in [0.15, 0.2) is 23.1 Å². The molecular weight excluding hydrogens is 228 g/mol. The Morgan fingerprint density at radius 1 is 1.56 bits per heavy atom. The molecular formula is C10H10N2O3S. The first-order valence-corrected chi connectivity index (χ1v) is 5.56. The lowest BCUT2D eigenvalue weighted by atomic mass is 10.2. The molecule has 0 bridgehead atoms. The molecule has 6 heteroatoms. The molecule has 0 radical (unpaired) electrons. The van der Waals surface area contributed by atoms with E-state index in [2.05, 4.69) is 10.6 Å². The first-order valence-electron chi connectivity index (χ1n) is 4.68. The number of nitrogens with one attached hydrogen (secondary N) is 2. The SMILES string of the molecule is CC1Sc2ccc(NC(=O)O)cc2NC1=O. The molecule has 1 aliphatic rings. The molecule has 0 fully saturated rings. The molecule has 1 unspecified atom stereocenters. The van der Waals surface area contributed by atoms with Crippen LogP contribution >= 0.6 is 11.8 Å². The quantitative estimate of drug-likeness (QED) is 0.701. The molecule has 3 N–H and O–H groups in total. The maximum absolute atomic E-state index is 11.4. The Kier molecular flexibility index (Phi) is 2.74. The monoisotopic (exact) mass is 238 g/mol. The van der Waals surface area contributed by atoms with E-state index in [0.29, 0.717) is 11.4 Å². The summed E-state index contributed by atoms with van der Waals surface area (Å²) in [5.74, 6) is -0.0648. The summed E-state index contributed by atoms with van der Waals surface area (Å²) in [5, 5.41) is 13.4. The Hall–Kier alpha value is -1.69. The lowest BCUT2D eigenvalue weighted by Crippen LogP contribution is -2.26. The number of hydrogen-bond acceptors (Lipinski definition) is 3. The number of rotatable bonds is 1. The van der Waals surface area contributed by atoms with Crippen LogP contribution in [0, 0.1) is 0 Å². The molecule has 84 valence electrons. The normalized spacial score (nSPS) is 18.6. The molecule has 1 atom stereocenters. The van der Waals surface area contributed by atoms with E-state index in [1.165, 1.54) is 11.8 Å². The molecule has 1 aromatic rings. The smallest absolute Gasteiger partial charge is 0.409 e. The van der Waals surface area contributed by atoms with Crippen molar-refractivity contribution in [3.63, 3.8) is 0 Å². The van der Waals surface area contributed by atoms with Crippen molar-refractivity contribution in [3.8, 4) is 0 Å². The molecule has 1 aliphatic heterocycles. The Bertz CT molecular complexity index is 461. The van der Waals surface area contributed by atoms with Gasteiger partial charge < -0.3 is 10.4 Å². The maximum atomic E-state index is 11.4. The molecule has 1 heterocycles. The van der Waals surface area contributed by atoms with Crippen LogP contribution in [0.4, 0.5) is 16.2 Å². The number of carboxylic acid groups (broad SMARTS) is 1. The van der Waals surface area contributed by atoms with Gasteiger partial charge in [-0.25, -0.2) is 4.79 Å². The van der Waals surface area contributed by atoms with Gasteiger partial charge in [0.1, 0.15) is 0 Å². The fourth-order valence-electron chi connectivity index (χ4n) is 1.41. The minimum absolute atomic E-state index is 0.0648. The maximum Gasteiger partial charge on any atom is 0.409 e. The number of carbonyl (C=O) groups excluding carboxylic acids is 1. The van der Waals surface area contributed by atoms with Crippen molar-refractivity contribution in [1.29, 1.82) is 0 Å². The largest absolute Gasteiger partial charge is 0.465 e. The van der Waals surface area contributed by atoms with Crippen molar-refractivity contribution in [2.24, 2.45) is 0 Å². The van der Waals surface area contributed by atoms with Gasteiger partial charge in [0.2, 0.25) is 5.91 Å². The number of anilines is 2. The number of amides is 2. The van der Waals surface area contributed by atoms with E-state index in [-0.39, 0.29) is 11.2 Å².